The van der Waals surface area contributed by atoms with E-state index in [0.717, 1.165) is 0 Å². The van der Waals surface area contributed by atoms with Crippen LogP contribution in [0.15, 0.2) is 24.3 Å². The molecule has 2 amide bonds. The van der Waals surface area contributed by atoms with Crippen molar-refractivity contribution in [3.8, 4) is 0 Å². The van der Waals surface area contributed by atoms with Gasteiger partial charge in [-0.3, -0.25) is 9.59 Å². The lowest BCUT2D eigenvalue weighted by atomic mass is 9.99. The lowest BCUT2D eigenvalue weighted by molar-refractivity contribution is -0.143. The van der Waals surface area contributed by atoms with Crippen LogP contribution < -0.4 is 10.6 Å². The van der Waals surface area contributed by atoms with Gasteiger partial charge in [-0.25, -0.2) is 4.79 Å². The van der Waals surface area contributed by atoms with Gasteiger partial charge < -0.3 is 15.7 Å². The van der Waals surface area contributed by atoms with Crippen LogP contribution in [0.1, 0.15) is 34.1 Å². The van der Waals surface area contributed by atoms with E-state index in [2.05, 4.69) is 10.6 Å². The molecule has 0 unspecified atom stereocenters. The molecule has 1 rings (SSSR count). The maximum atomic E-state index is 12.4. The third kappa shape index (κ3) is 5.88. The molecule has 0 spiro atoms. The van der Waals surface area contributed by atoms with Crippen molar-refractivity contribution in [1.82, 2.24) is 10.6 Å². The van der Waals surface area contributed by atoms with Gasteiger partial charge >= 0.3 is 5.97 Å². The van der Waals surface area contributed by atoms with E-state index in [1.807, 2.05) is 13.8 Å². The molecule has 3 N–H and O–H groups in total. The first-order valence-electron chi connectivity index (χ1n) is 7.91. The standard InChI is InChI=1S/C17H26N2O4/c1-10(2)9-13(18-15(20)12-7-5-6-8-12)16(21)19-14(11(3)4)17(22)23/h5-8,10-14H,9H2,1-4H3,(H,18,20)(H,19,21)(H,22,23)/t13-,14-/m0/s1. The topological polar surface area (TPSA) is 95.5 Å². The number of amides is 2. The smallest absolute Gasteiger partial charge is 0.326 e. The molecule has 0 saturated heterocycles. The summed E-state index contributed by atoms with van der Waals surface area (Å²) in [5, 5.41) is 14.4. The van der Waals surface area contributed by atoms with Crippen LogP contribution in [-0.2, 0) is 14.4 Å². The Morgan fingerprint density at radius 1 is 1.04 bits per heavy atom. The van der Waals surface area contributed by atoms with Crippen LogP contribution in [0.25, 0.3) is 0 Å². The van der Waals surface area contributed by atoms with Crippen LogP contribution in [0.5, 0.6) is 0 Å². The number of aliphatic carboxylic acids is 1. The van der Waals surface area contributed by atoms with E-state index in [4.69, 9.17) is 0 Å². The Balaban J connectivity index is 2.77. The van der Waals surface area contributed by atoms with E-state index in [9.17, 15) is 19.5 Å². The number of allylic oxidation sites excluding steroid dienone is 2. The predicted molar refractivity (Wildman–Crippen MR) is 87.6 cm³/mol. The fourth-order valence-electron chi connectivity index (χ4n) is 2.34. The van der Waals surface area contributed by atoms with Crippen LogP contribution in [-0.4, -0.2) is 35.0 Å². The summed E-state index contributed by atoms with van der Waals surface area (Å²) in [6, 6.07) is -1.72. The van der Waals surface area contributed by atoms with Crippen LogP contribution in [0.2, 0.25) is 0 Å². The van der Waals surface area contributed by atoms with Gasteiger partial charge in [0.25, 0.3) is 0 Å². The van der Waals surface area contributed by atoms with Crippen molar-refractivity contribution in [2.24, 2.45) is 17.8 Å². The highest BCUT2D eigenvalue weighted by atomic mass is 16.4. The van der Waals surface area contributed by atoms with Gasteiger partial charge in [0.2, 0.25) is 11.8 Å². The fourth-order valence-corrected chi connectivity index (χ4v) is 2.34. The van der Waals surface area contributed by atoms with Crippen LogP contribution >= 0.6 is 0 Å². The maximum absolute atomic E-state index is 12.4. The second kappa shape index (κ2) is 8.50. The first kappa shape index (κ1) is 18.9. The van der Waals surface area contributed by atoms with Crippen LogP contribution in [0.3, 0.4) is 0 Å². The number of carboxylic acids is 1. The maximum Gasteiger partial charge on any atom is 0.326 e. The summed E-state index contributed by atoms with van der Waals surface area (Å²) in [7, 11) is 0. The lowest BCUT2D eigenvalue weighted by Crippen LogP contribution is -2.54. The molecule has 0 aromatic rings. The fraction of sp³-hybridized carbons (Fsp3) is 0.588. The molecule has 0 fully saturated rings. The van der Waals surface area contributed by atoms with Gasteiger partial charge in [-0.1, -0.05) is 52.0 Å². The molecule has 0 aromatic heterocycles. The zero-order valence-corrected chi connectivity index (χ0v) is 14.1. The highest BCUT2D eigenvalue weighted by Crippen LogP contribution is 2.12. The Hall–Kier alpha value is -2.11. The number of rotatable bonds is 8. The molecular formula is C17H26N2O4. The average molecular weight is 322 g/mol. The van der Waals surface area contributed by atoms with Gasteiger partial charge in [-0.15, -0.1) is 0 Å². The first-order chi connectivity index (χ1) is 10.7. The summed E-state index contributed by atoms with van der Waals surface area (Å²) in [4.78, 5) is 35.8. The molecule has 6 nitrogen and oxygen atoms in total. The molecule has 0 bridgehead atoms. The van der Waals surface area contributed by atoms with Crippen LogP contribution in [0, 0.1) is 17.8 Å². The minimum absolute atomic E-state index is 0.183. The second-order valence-electron chi connectivity index (χ2n) is 6.55. The van der Waals surface area contributed by atoms with Gasteiger partial charge in [0.1, 0.15) is 12.1 Å². The van der Waals surface area contributed by atoms with Gasteiger partial charge in [-0.05, 0) is 18.3 Å². The van der Waals surface area contributed by atoms with Crippen LogP contribution in [0.4, 0.5) is 0 Å². The van der Waals surface area contributed by atoms with Crippen molar-refractivity contribution < 1.29 is 19.5 Å². The molecule has 0 aliphatic heterocycles. The minimum Gasteiger partial charge on any atom is -0.480 e. The number of hydrogen-bond acceptors (Lipinski definition) is 3. The molecule has 1 aliphatic carbocycles. The molecule has 6 heteroatoms. The molecule has 0 radical (unpaired) electrons. The summed E-state index contributed by atoms with van der Waals surface area (Å²) in [6.07, 6.45) is 7.49. The Labute approximate surface area is 137 Å². The normalized spacial score (nSPS) is 16.6. The number of hydrogen-bond donors (Lipinski definition) is 3. The lowest BCUT2D eigenvalue weighted by Gasteiger charge is -2.24. The molecule has 0 aromatic carbocycles. The van der Waals surface area contributed by atoms with E-state index in [-0.39, 0.29) is 23.7 Å². The van der Waals surface area contributed by atoms with E-state index in [0.29, 0.717) is 6.42 Å². The van der Waals surface area contributed by atoms with Gasteiger partial charge in [0.05, 0.1) is 5.92 Å². The van der Waals surface area contributed by atoms with Gasteiger partial charge in [0, 0.05) is 0 Å². The largest absolute Gasteiger partial charge is 0.480 e. The molecule has 128 valence electrons. The van der Waals surface area contributed by atoms with Crippen molar-refractivity contribution in [3.05, 3.63) is 24.3 Å². The summed E-state index contributed by atoms with van der Waals surface area (Å²) >= 11 is 0. The number of nitrogens with one attached hydrogen (secondary N) is 2. The minimum atomic E-state index is -1.08. The molecule has 2 atom stereocenters. The number of carbonyl (C=O) groups excluding carboxylic acids is 2. The Morgan fingerprint density at radius 3 is 2.04 bits per heavy atom. The third-order valence-electron chi connectivity index (χ3n) is 3.62. The van der Waals surface area contributed by atoms with Crippen molar-refractivity contribution in [3.63, 3.8) is 0 Å². The second-order valence-corrected chi connectivity index (χ2v) is 6.55. The molecule has 1 aliphatic rings. The monoisotopic (exact) mass is 322 g/mol. The predicted octanol–water partition coefficient (Wildman–Crippen LogP) is 1.48. The van der Waals surface area contributed by atoms with Gasteiger partial charge in [0.15, 0.2) is 0 Å². The molecule has 0 heterocycles. The quantitative estimate of drug-likeness (QED) is 0.631. The summed E-state index contributed by atoms with van der Waals surface area (Å²) in [5.41, 5.74) is 0. The average Bonchev–Trinajstić information content (AvgIpc) is 2.96. The van der Waals surface area contributed by atoms with Crippen molar-refractivity contribution in [2.45, 2.75) is 46.2 Å². The third-order valence-corrected chi connectivity index (χ3v) is 3.62. The summed E-state index contributed by atoms with van der Waals surface area (Å²) in [6.45, 7) is 7.34. The first-order valence-corrected chi connectivity index (χ1v) is 7.91. The highest BCUT2D eigenvalue weighted by Gasteiger charge is 2.29. The zero-order chi connectivity index (χ0) is 17.6. The van der Waals surface area contributed by atoms with E-state index >= 15 is 0 Å². The summed E-state index contributed by atoms with van der Waals surface area (Å²) < 4.78 is 0. The molecule has 0 saturated carbocycles. The Bertz CT molecular complexity index is 497. The molecular weight excluding hydrogens is 296 g/mol. The van der Waals surface area contributed by atoms with Crippen molar-refractivity contribution in [1.29, 1.82) is 0 Å². The Morgan fingerprint density at radius 2 is 1.61 bits per heavy atom. The highest BCUT2D eigenvalue weighted by molar-refractivity contribution is 5.92. The van der Waals surface area contributed by atoms with Crippen molar-refractivity contribution in [2.75, 3.05) is 0 Å². The van der Waals surface area contributed by atoms with E-state index in [1.54, 1.807) is 38.2 Å². The SMILES string of the molecule is CC(C)C[C@H](NC(=O)C1C=CC=C1)C(=O)N[C@H](C(=O)O)C(C)C. The van der Waals surface area contributed by atoms with Crippen molar-refractivity contribution >= 4 is 17.8 Å². The van der Waals surface area contributed by atoms with E-state index in [1.165, 1.54) is 0 Å². The Kier molecular flexibility index (Phi) is 7.00. The zero-order valence-electron chi connectivity index (χ0n) is 14.1. The number of carboxylic acid groups (broad SMARTS) is 1. The summed E-state index contributed by atoms with van der Waals surface area (Å²) in [5.74, 6) is -2.23. The van der Waals surface area contributed by atoms with E-state index < -0.39 is 24.0 Å². The van der Waals surface area contributed by atoms with Gasteiger partial charge in [-0.2, -0.15) is 0 Å². The number of carbonyl (C=O) groups is 3. The molecule has 23 heavy (non-hydrogen) atoms.